The Labute approximate surface area is 170 Å². The molecule has 3 rings (SSSR count). The molecule has 1 N–H and O–H groups in total. The smallest absolute Gasteiger partial charge is 0.271 e. The second-order valence-corrected chi connectivity index (χ2v) is 6.14. The van der Waals surface area contributed by atoms with Gasteiger partial charge in [-0.2, -0.15) is 0 Å². The monoisotopic (exact) mass is 392 g/mol. The molecule has 0 aliphatic rings. The van der Waals surface area contributed by atoms with E-state index in [4.69, 9.17) is 9.47 Å². The van der Waals surface area contributed by atoms with Crippen LogP contribution in [0.3, 0.4) is 0 Å². The molecule has 0 aliphatic heterocycles. The van der Waals surface area contributed by atoms with Crippen molar-refractivity contribution in [1.29, 1.82) is 0 Å². The summed E-state index contributed by atoms with van der Waals surface area (Å²) in [5.41, 5.74) is 1.29. The summed E-state index contributed by atoms with van der Waals surface area (Å²) in [6.45, 7) is 3.49. The highest BCUT2D eigenvalue weighted by molar-refractivity contribution is 5.92. The van der Waals surface area contributed by atoms with Gasteiger partial charge in [-0.1, -0.05) is 18.2 Å². The number of amides is 1. The normalized spacial score (nSPS) is 10.3. The van der Waals surface area contributed by atoms with Crippen LogP contribution in [0.15, 0.2) is 66.7 Å². The van der Waals surface area contributed by atoms with E-state index in [0.29, 0.717) is 24.7 Å². The molecule has 3 aromatic rings. The maximum atomic E-state index is 12.3. The summed E-state index contributed by atoms with van der Waals surface area (Å²) >= 11 is 0. The van der Waals surface area contributed by atoms with Gasteiger partial charge in [0.05, 0.1) is 13.7 Å². The van der Waals surface area contributed by atoms with Crippen molar-refractivity contribution in [1.82, 2.24) is 15.5 Å². The minimum absolute atomic E-state index is 0.266. The second kappa shape index (κ2) is 10.1. The van der Waals surface area contributed by atoms with E-state index < -0.39 is 0 Å². The number of methoxy groups -OCH3 is 1. The lowest BCUT2D eigenvalue weighted by atomic mass is 10.2. The Morgan fingerprint density at radius 2 is 1.69 bits per heavy atom. The number of ether oxygens (including phenoxy) is 2. The number of carbonyl (C=O) groups excluding carboxylic acids is 1. The molecule has 1 amide bonds. The number of nitrogens with zero attached hydrogens (tertiary/aromatic N) is 3. The summed E-state index contributed by atoms with van der Waals surface area (Å²) in [6, 6.07) is 20.7. The number of aromatic nitrogens is 2. The maximum absolute atomic E-state index is 12.3. The molecule has 0 radical (unpaired) electrons. The third-order valence-electron chi connectivity index (χ3n) is 4.26. The standard InChI is InChI=1S/C22H24N4O3/c1-3-26(17-7-5-4-6-8-17)21-14-13-20(24-25-21)22(27)23-15-16-29-19-11-9-18(28-2)10-12-19/h4-14H,3,15-16H2,1-2H3,(H,23,27). The molecule has 0 saturated heterocycles. The molecule has 150 valence electrons. The van der Waals surface area contributed by atoms with Crippen LogP contribution in [0.1, 0.15) is 17.4 Å². The van der Waals surface area contributed by atoms with Gasteiger partial charge < -0.3 is 19.7 Å². The van der Waals surface area contributed by atoms with Crippen molar-refractivity contribution in [2.45, 2.75) is 6.92 Å². The van der Waals surface area contributed by atoms with Gasteiger partial charge in [0.1, 0.15) is 18.1 Å². The predicted octanol–water partition coefficient (Wildman–Crippen LogP) is 3.45. The molecular weight excluding hydrogens is 368 g/mol. The van der Waals surface area contributed by atoms with Gasteiger partial charge in [-0.3, -0.25) is 4.79 Å². The lowest BCUT2D eigenvalue weighted by Gasteiger charge is -2.21. The molecule has 1 heterocycles. The third kappa shape index (κ3) is 5.44. The van der Waals surface area contributed by atoms with E-state index in [1.807, 2.05) is 66.4 Å². The topological polar surface area (TPSA) is 76.6 Å². The first-order chi connectivity index (χ1) is 14.2. The van der Waals surface area contributed by atoms with Gasteiger partial charge in [0, 0.05) is 12.2 Å². The Morgan fingerprint density at radius 1 is 0.966 bits per heavy atom. The molecule has 0 unspecified atom stereocenters. The molecule has 2 aromatic carbocycles. The van der Waals surface area contributed by atoms with Crippen molar-refractivity contribution in [2.75, 3.05) is 31.7 Å². The average Bonchev–Trinajstić information content (AvgIpc) is 2.79. The minimum Gasteiger partial charge on any atom is -0.497 e. The van der Waals surface area contributed by atoms with E-state index in [1.54, 1.807) is 19.2 Å². The lowest BCUT2D eigenvalue weighted by molar-refractivity contribution is 0.0941. The highest BCUT2D eigenvalue weighted by Gasteiger charge is 2.12. The Kier molecular flexibility index (Phi) is 7.00. The number of para-hydroxylation sites is 1. The number of hydrogen-bond donors (Lipinski definition) is 1. The molecule has 7 heteroatoms. The quantitative estimate of drug-likeness (QED) is 0.562. The molecule has 0 atom stereocenters. The van der Waals surface area contributed by atoms with E-state index in [0.717, 1.165) is 18.0 Å². The molecule has 7 nitrogen and oxygen atoms in total. The molecule has 0 spiro atoms. The van der Waals surface area contributed by atoms with Gasteiger partial charge in [-0.05, 0) is 55.5 Å². The fraction of sp³-hybridized carbons (Fsp3) is 0.227. The number of benzene rings is 2. The summed E-state index contributed by atoms with van der Waals surface area (Å²) in [5.74, 6) is 1.88. The number of hydrogen-bond acceptors (Lipinski definition) is 6. The van der Waals surface area contributed by atoms with Crippen molar-refractivity contribution in [2.24, 2.45) is 0 Å². The van der Waals surface area contributed by atoms with Gasteiger partial charge >= 0.3 is 0 Å². The first-order valence-corrected chi connectivity index (χ1v) is 9.42. The van der Waals surface area contributed by atoms with E-state index >= 15 is 0 Å². The van der Waals surface area contributed by atoms with Crippen molar-refractivity contribution >= 4 is 17.4 Å². The minimum atomic E-state index is -0.287. The zero-order chi connectivity index (χ0) is 20.5. The first kappa shape index (κ1) is 20.1. The van der Waals surface area contributed by atoms with Gasteiger partial charge in [-0.25, -0.2) is 0 Å². The van der Waals surface area contributed by atoms with Crippen molar-refractivity contribution in [3.63, 3.8) is 0 Å². The maximum Gasteiger partial charge on any atom is 0.271 e. The van der Waals surface area contributed by atoms with E-state index in [9.17, 15) is 4.79 Å². The summed E-state index contributed by atoms with van der Waals surface area (Å²) < 4.78 is 10.7. The fourth-order valence-corrected chi connectivity index (χ4v) is 2.77. The van der Waals surface area contributed by atoms with Crippen LogP contribution in [0.25, 0.3) is 0 Å². The SMILES string of the molecule is CCN(c1ccccc1)c1ccc(C(=O)NCCOc2ccc(OC)cc2)nn1. The van der Waals surface area contributed by atoms with Crippen molar-refractivity contribution < 1.29 is 14.3 Å². The highest BCUT2D eigenvalue weighted by Crippen LogP contribution is 2.22. The fourth-order valence-electron chi connectivity index (χ4n) is 2.77. The Balaban J connectivity index is 1.50. The molecule has 0 aliphatic carbocycles. The van der Waals surface area contributed by atoms with Crippen LogP contribution in [-0.4, -0.2) is 42.9 Å². The van der Waals surface area contributed by atoms with Crippen LogP contribution >= 0.6 is 0 Å². The summed E-state index contributed by atoms with van der Waals surface area (Å²) in [4.78, 5) is 14.3. The summed E-state index contributed by atoms with van der Waals surface area (Å²) in [6.07, 6.45) is 0. The van der Waals surface area contributed by atoms with E-state index in [-0.39, 0.29) is 11.6 Å². The molecule has 0 fully saturated rings. The molecule has 1 aromatic heterocycles. The van der Waals surface area contributed by atoms with Gasteiger partial charge in [0.25, 0.3) is 5.91 Å². The zero-order valence-electron chi connectivity index (χ0n) is 16.5. The second-order valence-electron chi connectivity index (χ2n) is 6.14. The molecular formula is C22H24N4O3. The van der Waals surface area contributed by atoms with Crippen LogP contribution < -0.4 is 19.7 Å². The van der Waals surface area contributed by atoms with E-state index in [2.05, 4.69) is 15.5 Å². The van der Waals surface area contributed by atoms with Crippen LogP contribution in [0.5, 0.6) is 11.5 Å². The Morgan fingerprint density at radius 3 is 2.31 bits per heavy atom. The first-order valence-electron chi connectivity index (χ1n) is 9.42. The number of rotatable bonds is 9. The Hall–Kier alpha value is -3.61. The third-order valence-corrected chi connectivity index (χ3v) is 4.26. The molecule has 0 saturated carbocycles. The zero-order valence-corrected chi connectivity index (χ0v) is 16.5. The Bertz CT molecular complexity index is 900. The van der Waals surface area contributed by atoms with Crippen molar-refractivity contribution in [3.05, 3.63) is 72.4 Å². The number of carbonyl (C=O) groups is 1. The van der Waals surface area contributed by atoms with Gasteiger partial charge in [-0.15, -0.1) is 10.2 Å². The largest absolute Gasteiger partial charge is 0.497 e. The van der Waals surface area contributed by atoms with Gasteiger partial charge in [0.15, 0.2) is 11.5 Å². The van der Waals surface area contributed by atoms with Crippen LogP contribution in [0.2, 0.25) is 0 Å². The summed E-state index contributed by atoms with van der Waals surface area (Å²) in [7, 11) is 1.61. The predicted molar refractivity (Wildman–Crippen MR) is 112 cm³/mol. The lowest BCUT2D eigenvalue weighted by Crippen LogP contribution is -2.29. The molecule has 29 heavy (non-hydrogen) atoms. The molecule has 0 bridgehead atoms. The number of anilines is 2. The van der Waals surface area contributed by atoms with Crippen molar-refractivity contribution in [3.8, 4) is 11.5 Å². The summed E-state index contributed by atoms with van der Waals surface area (Å²) in [5, 5.41) is 11.1. The van der Waals surface area contributed by atoms with Crippen LogP contribution in [0, 0.1) is 0 Å². The highest BCUT2D eigenvalue weighted by atomic mass is 16.5. The average molecular weight is 392 g/mol. The van der Waals surface area contributed by atoms with Gasteiger partial charge in [0.2, 0.25) is 0 Å². The van der Waals surface area contributed by atoms with E-state index in [1.165, 1.54) is 0 Å². The number of nitrogens with one attached hydrogen (secondary N) is 1. The van der Waals surface area contributed by atoms with Crippen LogP contribution in [0.4, 0.5) is 11.5 Å². The van der Waals surface area contributed by atoms with Crippen LogP contribution in [-0.2, 0) is 0 Å².